The zero-order chi connectivity index (χ0) is 24.3. The molecule has 4 aromatic rings. The molecular formula is C27H27N7O2. The lowest BCUT2D eigenvalue weighted by molar-refractivity contribution is -0.131. The number of morpholine rings is 1. The molecule has 36 heavy (non-hydrogen) atoms. The largest absolute Gasteiger partial charge is 0.378 e. The third-order valence-corrected chi connectivity index (χ3v) is 6.75. The number of fused-ring (bicyclic) bond motifs is 1. The molecule has 0 N–H and O–H groups in total. The summed E-state index contributed by atoms with van der Waals surface area (Å²) in [5, 5.41) is 1.04. The number of hydrogen-bond acceptors (Lipinski definition) is 7. The fourth-order valence-electron chi connectivity index (χ4n) is 4.79. The average Bonchev–Trinajstić information content (AvgIpc) is 3.36. The van der Waals surface area contributed by atoms with Gasteiger partial charge in [-0.15, -0.1) is 0 Å². The maximum absolute atomic E-state index is 13.0. The SMILES string of the molecule is O=C(Cn1ccc2cccnc21)N1CC=C(c2ncccc2-c2cnc(N3CCOCC3)nc2)CC1. The molecule has 1 fully saturated rings. The molecule has 6 rings (SSSR count). The van der Waals surface area contributed by atoms with Crippen molar-refractivity contribution in [3.8, 4) is 11.1 Å². The van der Waals surface area contributed by atoms with E-state index in [-0.39, 0.29) is 12.5 Å². The molecule has 0 unspecified atom stereocenters. The number of amides is 1. The van der Waals surface area contributed by atoms with Crippen LogP contribution in [0.2, 0.25) is 0 Å². The van der Waals surface area contributed by atoms with Crippen molar-refractivity contribution in [1.29, 1.82) is 0 Å². The van der Waals surface area contributed by atoms with Crippen LogP contribution in [0.4, 0.5) is 5.95 Å². The van der Waals surface area contributed by atoms with Crippen LogP contribution in [-0.4, -0.2) is 74.7 Å². The van der Waals surface area contributed by atoms with Crippen LogP contribution in [0, 0.1) is 0 Å². The van der Waals surface area contributed by atoms with Gasteiger partial charge in [0.05, 0.1) is 18.9 Å². The third kappa shape index (κ3) is 4.45. The molecule has 2 aliphatic rings. The Hall–Kier alpha value is -4.11. The molecule has 6 heterocycles. The second kappa shape index (κ2) is 9.87. The first kappa shape index (κ1) is 22.4. The fraction of sp³-hybridized carbons (Fsp3) is 0.296. The number of anilines is 1. The van der Waals surface area contributed by atoms with E-state index in [0.717, 1.165) is 58.9 Å². The maximum Gasteiger partial charge on any atom is 0.242 e. The van der Waals surface area contributed by atoms with Crippen LogP contribution in [-0.2, 0) is 16.1 Å². The Kier molecular flexibility index (Phi) is 6.13. The minimum absolute atomic E-state index is 0.0850. The van der Waals surface area contributed by atoms with Crippen molar-refractivity contribution in [2.75, 3.05) is 44.3 Å². The smallest absolute Gasteiger partial charge is 0.242 e. The van der Waals surface area contributed by atoms with Gasteiger partial charge in [-0.1, -0.05) is 12.1 Å². The molecule has 0 spiro atoms. The number of aromatic nitrogens is 5. The van der Waals surface area contributed by atoms with E-state index in [9.17, 15) is 4.79 Å². The van der Waals surface area contributed by atoms with Gasteiger partial charge in [-0.2, -0.15) is 0 Å². The number of rotatable bonds is 5. The van der Waals surface area contributed by atoms with Crippen LogP contribution in [0.3, 0.4) is 0 Å². The summed E-state index contributed by atoms with van der Waals surface area (Å²) in [4.78, 5) is 35.4. The first-order chi connectivity index (χ1) is 17.8. The fourth-order valence-corrected chi connectivity index (χ4v) is 4.79. The molecule has 0 bridgehead atoms. The van der Waals surface area contributed by atoms with E-state index in [2.05, 4.69) is 37.0 Å². The molecule has 1 saturated heterocycles. The first-order valence-electron chi connectivity index (χ1n) is 12.2. The van der Waals surface area contributed by atoms with Crippen LogP contribution < -0.4 is 4.90 Å². The van der Waals surface area contributed by atoms with Crippen molar-refractivity contribution in [2.45, 2.75) is 13.0 Å². The second-order valence-corrected chi connectivity index (χ2v) is 8.95. The van der Waals surface area contributed by atoms with Crippen LogP contribution in [0.1, 0.15) is 12.1 Å². The number of nitrogens with zero attached hydrogens (tertiary/aromatic N) is 7. The van der Waals surface area contributed by atoms with Gasteiger partial charge in [0.25, 0.3) is 0 Å². The van der Waals surface area contributed by atoms with Gasteiger partial charge in [-0.3, -0.25) is 9.78 Å². The summed E-state index contributed by atoms with van der Waals surface area (Å²) >= 11 is 0. The van der Waals surface area contributed by atoms with Crippen molar-refractivity contribution < 1.29 is 9.53 Å². The number of ether oxygens (including phenoxy) is 1. The zero-order valence-corrected chi connectivity index (χ0v) is 20.0. The summed E-state index contributed by atoms with van der Waals surface area (Å²) in [6, 6.07) is 9.89. The van der Waals surface area contributed by atoms with Crippen molar-refractivity contribution >= 4 is 28.5 Å². The maximum atomic E-state index is 13.0. The summed E-state index contributed by atoms with van der Waals surface area (Å²) in [5.41, 5.74) is 4.83. The minimum Gasteiger partial charge on any atom is -0.378 e. The normalized spacial score (nSPS) is 16.3. The van der Waals surface area contributed by atoms with E-state index in [0.29, 0.717) is 26.3 Å². The molecule has 0 saturated carbocycles. The van der Waals surface area contributed by atoms with E-state index in [1.165, 1.54) is 0 Å². The van der Waals surface area contributed by atoms with Gasteiger partial charge in [-0.25, -0.2) is 15.0 Å². The predicted molar refractivity (Wildman–Crippen MR) is 137 cm³/mol. The third-order valence-electron chi connectivity index (χ3n) is 6.75. The lowest BCUT2D eigenvalue weighted by Gasteiger charge is -2.27. The quantitative estimate of drug-likeness (QED) is 0.433. The van der Waals surface area contributed by atoms with Gasteiger partial charge in [-0.05, 0) is 36.3 Å². The molecule has 0 radical (unpaired) electrons. The van der Waals surface area contributed by atoms with Crippen LogP contribution in [0.15, 0.2) is 67.4 Å². The molecule has 0 aromatic carbocycles. The van der Waals surface area contributed by atoms with Crippen LogP contribution in [0.25, 0.3) is 27.7 Å². The van der Waals surface area contributed by atoms with Crippen molar-refractivity contribution in [1.82, 2.24) is 29.4 Å². The van der Waals surface area contributed by atoms with Gasteiger partial charge in [0.2, 0.25) is 11.9 Å². The standard InChI is InChI=1S/C27H27N7O2/c35-24(19-34-12-7-21-3-1-9-29-26(21)34)32-10-5-20(6-11-32)25-23(4-2-8-28-25)22-17-30-27(31-18-22)33-13-15-36-16-14-33/h1-5,7-9,12,17-18H,6,10-11,13-16,19H2. The highest BCUT2D eigenvalue weighted by molar-refractivity contribution is 5.83. The summed E-state index contributed by atoms with van der Waals surface area (Å²) in [6.45, 7) is 4.50. The second-order valence-electron chi connectivity index (χ2n) is 8.95. The number of carbonyl (C=O) groups is 1. The first-order valence-corrected chi connectivity index (χ1v) is 12.2. The Morgan fingerprint density at radius 2 is 1.75 bits per heavy atom. The van der Waals surface area contributed by atoms with Crippen molar-refractivity contribution in [2.24, 2.45) is 0 Å². The van der Waals surface area contributed by atoms with Crippen LogP contribution >= 0.6 is 0 Å². The van der Waals surface area contributed by atoms with E-state index in [1.807, 2.05) is 58.5 Å². The lowest BCUT2D eigenvalue weighted by atomic mass is 9.97. The minimum atomic E-state index is 0.0850. The summed E-state index contributed by atoms with van der Waals surface area (Å²) in [6.07, 6.45) is 12.1. The Bertz CT molecular complexity index is 1410. The zero-order valence-electron chi connectivity index (χ0n) is 20.0. The number of pyridine rings is 2. The monoisotopic (exact) mass is 481 g/mol. The van der Waals surface area contributed by atoms with E-state index < -0.39 is 0 Å². The number of carbonyl (C=O) groups excluding carboxylic acids is 1. The van der Waals surface area contributed by atoms with Crippen LogP contribution in [0.5, 0.6) is 0 Å². The Morgan fingerprint density at radius 1 is 0.944 bits per heavy atom. The Morgan fingerprint density at radius 3 is 2.56 bits per heavy atom. The lowest BCUT2D eigenvalue weighted by Crippen LogP contribution is -2.37. The van der Waals surface area contributed by atoms with Crippen molar-refractivity contribution in [3.05, 3.63) is 73.1 Å². The van der Waals surface area contributed by atoms with Gasteiger partial charge >= 0.3 is 0 Å². The van der Waals surface area contributed by atoms with Gasteiger partial charge in [0.1, 0.15) is 12.2 Å². The van der Waals surface area contributed by atoms with Gasteiger partial charge in [0.15, 0.2) is 0 Å². The molecular weight excluding hydrogens is 454 g/mol. The topological polar surface area (TPSA) is 89.3 Å². The molecule has 4 aromatic heterocycles. The summed E-state index contributed by atoms with van der Waals surface area (Å²) < 4.78 is 7.33. The van der Waals surface area contributed by atoms with Gasteiger partial charge in [0, 0.05) is 73.7 Å². The highest BCUT2D eigenvalue weighted by Crippen LogP contribution is 2.30. The Labute approximate surface area is 209 Å². The molecule has 2 aliphatic heterocycles. The molecule has 9 nitrogen and oxygen atoms in total. The van der Waals surface area contributed by atoms with Gasteiger partial charge < -0.3 is 19.1 Å². The summed E-state index contributed by atoms with van der Waals surface area (Å²) in [7, 11) is 0. The van der Waals surface area contributed by atoms with E-state index >= 15 is 0 Å². The molecule has 0 aliphatic carbocycles. The number of hydrogen-bond donors (Lipinski definition) is 0. The highest BCUT2D eigenvalue weighted by atomic mass is 16.5. The van der Waals surface area contributed by atoms with E-state index in [4.69, 9.17) is 4.74 Å². The summed E-state index contributed by atoms with van der Waals surface area (Å²) in [5.74, 6) is 0.811. The van der Waals surface area contributed by atoms with E-state index in [1.54, 1.807) is 6.20 Å². The van der Waals surface area contributed by atoms with Crippen molar-refractivity contribution in [3.63, 3.8) is 0 Å². The average molecular weight is 482 g/mol. The highest BCUT2D eigenvalue weighted by Gasteiger charge is 2.21. The predicted octanol–water partition coefficient (Wildman–Crippen LogP) is 3.04. The Balaban J connectivity index is 1.17. The molecule has 9 heteroatoms. The molecule has 182 valence electrons. The molecule has 0 atom stereocenters. The molecule has 1 amide bonds.